The molecule has 0 aliphatic carbocycles. The molecule has 5 heteroatoms. The Bertz CT molecular complexity index is 698. The summed E-state index contributed by atoms with van der Waals surface area (Å²) in [5.74, 6) is -0.837. The quantitative estimate of drug-likeness (QED) is 0.853. The van der Waals surface area contributed by atoms with E-state index in [-0.39, 0.29) is 6.42 Å². The van der Waals surface area contributed by atoms with Gasteiger partial charge in [0.2, 0.25) is 0 Å². The Morgan fingerprint density at radius 2 is 2.29 bits per heavy atom. The van der Waals surface area contributed by atoms with Gasteiger partial charge in [-0.3, -0.25) is 9.69 Å². The van der Waals surface area contributed by atoms with Crippen molar-refractivity contribution in [1.29, 1.82) is 0 Å². The number of aliphatic carboxylic acids is 1. The van der Waals surface area contributed by atoms with Crippen LogP contribution in [0.2, 0.25) is 0 Å². The smallest absolute Gasteiger partial charge is 0.309 e. The second kappa shape index (κ2) is 7.90. The number of hydrogen-bond donors (Lipinski definition) is 1. The monoisotopic (exact) mass is 344 g/mol. The van der Waals surface area contributed by atoms with E-state index in [4.69, 9.17) is 5.11 Å². The summed E-state index contributed by atoms with van der Waals surface area (Å²) in [5.41, 5.74) is 3.03. The zero-order valence-electron chi connectivity index (χ0n) is 14.1. The molecular formula is C19H24N2O2S. The fraction of sp³-hybridized carbons (Fsp3) is 0.474. The molecule has 0 saturated carbocycles. The topological polar surface area (TPSA) is 53.4 Å². The Morgan fingerprint density at radius 3 is 3.08 bits per heavy atom. The molecule has 1 aromatic heterocycles. The Hall–Kier alpha value is -1.72. The van der Waals surface area contributed by atoms with Crippen LogP contribution in [-0.2, 0) is 17.8 Å². The molecule has 1 aliphatic rings. The number of carboxylic acids is 1. The fourth-order valence-corrected chi connectivity index (χ4v) is 4.26. The number of carboxylic acid groups (broad SMARTS) is 1. The first-order valence-electron chi connectivity index (χ1n) is 8.65. The van der Waals surface area contributed by atoms with Crippen molar-refractivity contribution < 1.29 is 9.90 Å². The standard InChI is InChI=1S/C19H24N2O2S/c1-2-17-8-3-4-9-21(17)12-14-6-5-7-15(10-14)19-20-16(13-24-19)11-18(22)23/h5-7,10,13,17H,2-4,8-9,11-12H2,1H3,(H,22,23). The Labute approximate surface area is 147 Å². The molecule has 1 unspecified atom stereocenters. The molecule has 24 heavy (non-hydrogen) atoms. The summed E-state index contributed by atoms with van der Waals surface area (Å²) in [6, 6.07) is 9.21. The van der Waals surface area contributed by atoms with E-state index in [2.05, 4.69) is 41.1 Å². The highest BCUT2D eigenvalue weighted by Gasteiger charge is 2.20. The summed E-state index contributed by atoms with van der Waals surface area (Å²) < 4.78 is 0. The highest BCUT2D eigenvalue weighted by Crippen LogP contribution is 2.27. The minimum Gasteiger partial charge on any atom is -0.481 e. The van der Waals surface area contributed by atoms with E-state index in [9.17, 15) is 4.79 Å². The van der Waals surface area contributed by atoms with Crippen molar-refractivity contribution in [3.05, 3.63) is 40.9 Å². The minimum absolute atomic E-state index is 0.0118. The summed E-state index contributed by atoms with van der Waals surface area (Å²) in [6.45, 7) is 4.45. The zero-order valence-corrected chi connectivity index (χ0v) is 14.9. The van der Waals surface area contributed by atoms with Gasteiger partial charge in [0.15, 0.2) is 0 Å². The van der Waals surface area contributed by atoms with Gasteiger partial charge in [-0.15, -0.1) is 11.3 Å². The third-order valence-electron chi connectivity index (χ3n) is 4.66. The van der Waals surface area contributed by atoms with Crippen LogP contribution in [0.1, 0.15) is 43.9 Å². The number of nitrogens with zero attached hydrogens (tertiary/aromatic N) is 2. The first-order valence-corrected chi connectivity index (χ1v) is 9.53. The predicted octanol–water partition coefficient (Wildman–Crippen LogP) is 4.20. The molecule has 2 aromatic rings. The lowest BCUT2D eigenvalue weighted by molar-refractivity contribution is -0.136. The number of benzene rings is 1. The van der Waals surface area contributed by atoms with E-state index >= 15 is 0 Å². The molecule has 1 saturated heterocycles. The number of likely N-dealkylation sites (tertiary alicyclic amines) is 1. The first kappa shape index (κ1) is 17.1. The lowest BCUT2D eigenvalue weighted by Gasteiger charge is -2.35. The fourth-order valence-electron chi connectivity index (χ4n) is 3.44. The van der Waals surface area contributed by atoms with Gasteiger partial charge in [0, 0.05) is 23.5 Å². The van der Waals surface area contributed by atoms with Crippen molar-refractivity contribution in [1.82, 2.24) is 9.88 Å². The third kappa shape index (κ3) is 4.22. The Morgan fingerprint density at radius 1 is 1.42 bits per heavy atom. The van der Waals surface area contributed by atoms with E-state index in [1.165, 1.54) is 49.1 Å². The largest absolute Gasteiger partial charge is 0.481 e. The molecule has 1 aliphatic heterocycles. The zero-order chi connectivity index (χ0) is 16.9. The SMILES string of the molecule is CCC1CCCCN1Cc1cccc(-c2nc(CC(=O)O)cs2)c1. The molecule has 1 aromatic carbocycles. The number of hydrogen-bond acceptors (Lipinski definition) is 4. The van der Waals surface area contributed by atoms with Crippen LogP contribution in [0.5, 0.6) is 0 Å². The second-order valence-electron chi connectivity index (χ2n) is 6.44. The number of aromatic nitrogens is 1. The lowest BCUT2D eigenvalue weighted by atomic mass is 9.99. The second-order valence-corrected chi connectivity index (χ2v) is 7.30. The maximum Gasteiger partial charge on any atom is 0.309 e. The molecule has 1 N–H and O–H groups in total. The summed E-state index contributed by atoms with van der Waals surface area (Å²) in [6.07, 6.45) is 5.15. The maximum atomic E-state index is 10.8. The van der Waals surface area contributed by atoms with Crippen LogP contribution in [-0.4, -0.2) is 33.5 Å². The van der Waals surface area contributed by atoms with Gasteiger partial charge in [-0.25, -0.2) is 4.98 Å². The number of carbonyl (C=O) groups is 1. The van der Waals surface area contributed by atoms with Gasteiger partial charge in [-0.2, -0.15) is 0 Å². The van der Waals surface area contributed by atoms with Gasteiger partial charge < -0.3 is 5.11 Å². The van der Waals surface area contributed by atoms with Crippen molar-refractivity contribution in [3.63, 3.8) is 0 Å². The lowest BCUT2D eigenvalue weighted by Crippen LogP contribution is -2.38. The van der Waals surface area contributed by atoms with Crippen LogP contribution in [0, 0.1) is 0 Å². The molecule has 2 heterocycles. The Kier molecular flexibility index (Phi) is 5.63. The summed E-state index contributed by atoms with van der Waals surface area (Å²) in [4.78, 5) is 17.9. The van der Waals surface area contributed by atoms with Crippen LogP contribution in [0.15, 0.2) is 29.6 Å². The molecule has 128 valence electrons. The van der Waals surface area contributed by atoms with Crippen LogP contribution >= 0.6 is 11.3 Å². The summed E-state index contributed by atoms with van der Waals surface area (Å²) >= 11 is 1.52. The van der Waals surface area contributed by atoms with E-state index in [1.54, 1.807) is 0 Å². The van der Waals surface area contributed by atoms with Crippen molar-refractivity contribution in [2.24, 2.45) is 0 Å². The van der Waals surface area contributed by atoms with E-state index < -0.39 is 5.97 Å². The molecule has 1 atom stereocenters. The molecule has 0 radical (unpaired) electrons. The number of thiazole rings is 1. The van der Waals surface area contributed by atoms with Gasteiger partial charge in [-0.1, -0.05) is 31.5 Å². The Balaban J connectivity index is 1.74. The molecule has 1 fully saturated rings. The van der Waals surface area contributed by atoms with E-state index in [1.807, 2.05) is 5.38 Å². The molecule has 4 nitrogen and oxygen atoms in total. The van der Waals surface area contributed by atoms with Crippen LogP contribution in [0.25, 0.3) is 10.6 Å². The van der Waals surface area contributed by atoms with E-state index in [0.717, 1.165) is 17.1 Å². The average Bonchev–Trinajstić information content (AvgIpc) is 3.03. The third-order valence-corrected chi connectivity index (χ3v) is 5.60. The van der Waals surface area contributed by atoms with E-state index in [0.29, 0.717) is 11.7 Å². The molecule has 0 spiro atoms. The van der Waals surface area contributed by atoms with Gasteiger partial charge >= 0.3 is 5.97 Å². The van der Waals surface area contributed by atoms with Gasteiger partial charge in [0.05, 0.1) is 12.1 Å². The summed E-state index contributed by atoms with van der Waals surface area (Å²) in [5, 5.41) is 11.6. The van der Waals surface area contributed by atoms with Crippen LogP contribution in [0.4, 0.5) is 0 Å². The normalized spacial score (nSPS) is 18.6. The highest BCUT2D eigenvalue weighted by molar-refractivity contribution is 7.13. The van der Waals surface area contributed by atoms with Crippen LogP contribution in [0.3, 0.4) is 0 Å². The van der Waals surface area contributed by atoms with Crippen molar-refractivity contribution >= 4 is 17.3 Å². The molecule has 0 bridgehead atoms. The minimum atomic E-state index is -0.837. The van der Waals surface area contributed by atoms with Crippen molar-refractivity contribution in [2.45, 2.75) is 51.6 Å². The van der Waals surface area contributed by atoms with Crippen LogP contribution < -0.4 is 0 Å². The van der Waals surface area contributed by atoms with Crippen molar-refractivity contribution in [2.75, 3.05) is 6.54 Å². The van der Waals surface area contributed by atoms with Gasteiger partial charge in [0.1, 0.15) is 5.01 Å². The molecular weight excluding hydrogens is 320 g/mol. The van der Waals surface area contributed by atoms with Crippen molar-refractivity contribution in [3.8, 4) is 10.6 Å². The first-order chi connectivity index (χ1) is 11.7. The predicted molar refractivity (Wildman–Crippen MR) is 97.2 cm³/mol. The molecule has 3 rings (SSSR count). The average molecular weight is 344 g/mol. The van der Waals surface area contributed by atoms with Gasteiger partial charge in [-0.05, 0) is 37.4 Å². The highest BCUT2D eigenvalue weighted by atomic mass is 32.1. The number of rotatable bonds is 6. The maximum absolute atomic E-state index is 10.8. The van der Waals surface area contributed by atoms with Gasteiger partial charge in [0.25, 0.3) is 0 Å². The number of piperidine rings is 1. The summed E-state index contributed by atoms with van der Waals surface area (Å²) in [7, 11) is 0. The molecule has 0 amide bonds.